The van der Waals surface area contributed by atoms with E-state index in [9.17, 15) is 4.79 Å². The lowest BCUT2D eigenvalue weighted by Crippen LogP contribution is -2.57. The van der Waals surface area contributed by atoms with Gasteiger partial charge < -0.3 is 14.2 Å². The maximum absolute atomic E-state index is 12.8. The van der Waals surface area contributed by atoms with Crippen LogP contribution in [0.4, 0.5) is 0 Å². The standard InChI is InChI=1S/C19H26N2O2/c1-13-8-15-16(10-23-17(15)9-14(13)2)18(22)21-11-19(3,12-21)6-7-20(4)5/h8-10H,6-7,11-12H2,1-5H3. The summed E-state index contributed by atoms with van der Waals surface area (Å²) in [6.07, 6.45) is 2.73. The fourth-order valence-electron chi connectivity index (χ4n) is 3.29. The number of fused-ring (bicyclic) bond motifs is 1. The molecule has 0 bridgehead atoms. The van der Waals surface area contributed by atoms with E-state index in [0.717, 1.165) is 37.0 Å². The number of rotatable bonds is 4. The summed E-state index contributed by atoms with van der Waals surface area (Å²) in [5.74, 6) is 0.0920. The fourth-order valence-corrected chi connectivity index (χ4v) is 3.29. The number of carbonyl (C=O) groups is 1. The van der Waals surface area contributed by atoms with Crippen LogP contribution in [0.2, 0.25) is 0 Å². The molecule has 1 aromatic heterocycles. The van der Waals surface area contributed by atoms with Crippen molar-refractivity contribution in [2.45, 2.75) is 27.2 Å². The van der Waals surface area contributed by atoms with Crippen LogP contribution in [0.15, 0.2) is 22.8 Å². The fraction of sp³-hybridized carbons (Fsp3) is 0.526. The highest BCUT2D eigenvalue weighted by Gasteiger charge is 2.41. The monoisotopic (exact) mass is 314 g/mol. The second kappa shape index (κ2) is 5.68. The number of hydrogen-bond donors (Lipinski definition) is 0. The van der Waals surface area contributed by atoms with Crippen molar-refractivity contribution in [2.24, 2.45) is 5.41 Å². The Labute approximate surface area is 138 Å². The number of benzene rings is 1. The molecule has 0 unspecified atom stereocenters. The van der Waals surface area contributed by atoms with Crippen molar-refractivity contribution in [1.29, 1.82) is 0 Å². The van der Waals surface area contributed by atoms with Gasteiger partial charge in [0.05, 0.1) is 5.56 Å². The summed E-state index contributed by atoms with van der Waals surface area (Å²) >= 11 is 0. The zero-order valence-electron chi connectivity index (χ0n) is 14.8. The van der Waals surface area contributed by atoms with Crippen LogP contribution >= 0.6 is 0 Å². The van der Waals surface area contributed by atoms with Crippen molar-refractivity contribution in [1.82, 2.24) is 9.80 Å². The van der Waals surface area contributed by atoms with Gasteiger partial charge in [-0.2, -0.15) is 0 Å². The van der Waals surface area contributed by atoms with Gasteiger partial charge in [0.15, 0.2) is 0 Å². The van der Waals surface area contributed by atoms with E-state index in [2.05, 4.69) is 45.8 Å². The van der Waals surface area contributed by atoms with Crippen molar-refractivity contribution in [3.05, 3.63) is 35.1 Å². The Morgan fingerprint density at radius 1 is 1.26 bits per heavy atom. The van der Waals surface area contributed by atoms with E-state index >= 15 is 0 Å². The van der Waals surface area contributed by atoms with Crippen LogP contribution in [0, 0.1) is 19.3 Å². The average Bonchev–Trinajstić information content (AvgIpc) is 2.84. The molecule has 1 saturated heterocycles. The minimum atomic E-state index is 0.0920. The SMILES string of the molecule is Cc1cc2occ(C(=O)N3CC(C)(CCN(C)C)C3)c2cc1C. The number of furan rings is 1. The molecule has 0 atom stereocenters. The van der Waals surface area contributed by atoms with Crippen LogP contribution in [0.25, 0.3) is 11.0 Å². The summed E-state index contributed by atoms with van der Waals surface area (Å²) in [6.45, 7) is 9.11. The third kappa shape index (κ3) is 3.00. The normalized spacial score (nSPS) is 16.9. The minimum absolute atomic E-state index is 0.0920. The van der Waals surface area contributed by atoms with Crippen molar-refractivity contribution in [2.75, 3.05) is 33.7 Å². The van der Waals surface area contributed by atoms with Crippen molar-refractivity contribution in [3.8, 4) is 0 Å². The van der Waals surface area contributed by atoms with Crippen LogP contribution in [-0.2, 0) is 0 Å². The summed E-state index contributed by atoms with van der Waals surface area (Å²) < 4.78 is 5.60. The first-order chi connectivity index (χ1) is 10.8. The van der Waals surface area contributed by atoms with E-state index in [4.69, 9.17) is 4.42 Å². The minimum Gasteiger partial charge on any atom is -0.463 e. The Hall–Kier alpha value is -1.81. The van der Waals surface area contributed by atoms with Gasteiger partial charge in [-0.25, -0.2) is 0 Å². The molecule has 1 fully saturated rings. The highest BCUT2D eigenvalue weighted by atomic mass is 16.3. The maximum Gasteiger partial charge on any atom is 0.257 e. The van der Waals surface area contributed by atoms with Gasteiger partial charge >= 0.3 is 0 Å². The van der Waals surface area contributed by atoms with E-state index in [0.29, 0.717) is 5.56 Å². The Morgan fingerprint density at radius 3 is 2.57 bits per heavy atom. The Morgan fingerprint density at radius 2 is 1.91 bits per heavy atom. The highest BCUT2D eigenvalue weighted by molar-refractivity contribution is 6.06. The predicted octanol–water partition coefficient (Wildman–Crippen LogP) is 3.46. The lowest BCUT2D eigenvalue weighted by atomic mass is 9.78. The second-order valence-electron chi connectivity index (χ2n) is 7.61. The average molecular weight is 314 g/mol. The van der Waals surface area contributed by atoms with E-state index in [1.807, 2.05) is 11.0 Å². The van der Waals surface area contributed by atoms with Gasteiger partial charge in [0.2, 0.25) is 0 Å². The molecule has 2 aromatic rings. The molecule has 0 spiro atoms. The van der Waals surface area contributed by atoms with Crippen LogP contribution in [0.1, 0.15) is 34.8 Å². The first kappa shape index (κ1) is 16.1. The van der Waals surface area contributed by atoms with Crippen LogP contribution in [0.3, 0.4) is 0 Å². The number of likely N-dealkylation sites (tertiary alicyclic amines) is 1. The molecule has 4 nitrogen and oxygen atoms in total. The van der Waals surface area contributed by atoms with Crippen molar-refractivity contribution < 1.29 is 9.21 Å². The third-order valence-corrected chi connectivity index (χ3v) is 5.02. The Balaban J connectivity index is 1.74. The molecule has 4 heteroatoms. The number of aryl methyl sites for hydroxylation is 2. The molecule has 1 aliphatic rings. The summed E-state index contributed by atoms with van der Waals surface area (Å²) in [7, 11) is 4.18. The van der Waals surface area contributed by atoms with Crippen molar-refractivity contribution >= 4 is 16.9 Å². The van der Waals surface area contributed by atoms with Crippen LogP contribution < -0.4 is 0 Å². The first-order valence-electron chi connectivity index (χ1n) is 8.21. The summed E-state index contributed by atoms with van der Waals surface area (Å²) in [5.41, 5.74) is 4.11. The maximum atomic E-state index is 12.8. The van der Waals surface area contributed by atoms with E-state index in [1.54, 1.807) is 6.26 Å². The number of nitrogens with zero attached hydrogens (tertiary/aromatic N) is 2. The zero-order chi connectivity index (χ0) is 16.8. The van der Waals surface area contributed by atoms with Gasteiger partial charge in [-0.05, 0) is 64.2 Å². The second-order valence-corrected chi connectivity index (χ2v) is 7.61. The first-order valence-corrected chi connectivity index (χ1v) is 8.21. The molecule has 1 aliphatic heterocycles. The molecule has 1 amide bonds. The van der Waals surface area contributed by atoms with Gasteiger partial charge in [-0.3, -0.25) is 4.79 Å². The highest BCUT2D eigenvalue weighted by Crippen LogP contribution is 2.36. The lowest BCUT2D eigenvalue weighted by Gasteiger charge is -2.48. The molecule has 0 N–H and O–H groups in total. The van der Waals surface area contributed by atoms with Gasteiger partial charge in [-0.1, -0.05) is 6.92 Å². The molecular weight excluding hydrogens is 288 g/mol. The molecule has 0 radical (unpaired) electrons. The van der Waals surface area contributed by atoms with Gasteiger partial charge in [0.1, 0.15) is 11.8 Å². The predicted molar refractivity (Wildman–Crippen MR) is 92.9 cm³/mol. The van der Waals surface area contributed by atoms with Crippen LogP contribution in [0.5, 0.6) is 0 Å². The molecule has 23 heavy (non-hydrogen) atoms. The van der Waals surface area contributed by atoms with E-state index in [1.165, 1.54) is 11.1 Å². The van der Waals surface area contributed by atoms with Crippen LogP contribution in [-0.4, -0.2) is 49.4 Å². The topological polar surface area (TPSA) is 36.7 Å². The summed E-state index contributed by atoms with van der Waals surface area (Å²) in [6, 6.07) is 4.07. The number of amides is 1. The quantitative estimate of drug-likeness (QED) is 0.867. The summed E-state index contributed by atoms with van der Waals surface area (Å²) in [5, 5.41) is 0.931. The molecule has 2 heterocycles. The molecule has 0 aliphatic carbocycles. The Bertz CT molecular complexity index is 739. The number of hydrogen-bond acceptors (Lipinski definition) is 3. The molecule has 0 saturated carbocycles. The van der Waals surface area contributed by atoms with Gasteiger partial charge in [-0.15, -0.1) is 0 Å². The summed E-state index contributed by atoms with van der Waals surface area (Å²) in [4.78, 5) is 16.9. The molecule has 1 aromatic carbocycles. The Kier molecular flexibility index (Phi) is 3.96. The van der Waals surface area contributed by atoms with Crippen molar-refractivity contribution in [3.63, 3.8) is 0 Å². The zero-order valence-corrected chi connectivity index (χ0v) is 14.8. The number of carbonyl (C=O) groups excluding carboxylic acids is 1. The molecule has 124 valence electrons. The van der Waals surface area contributed by atoms with E-state index in [-0.39, 0.29) is 11.3 Å². The lowest BCUT2D eigenvalue weighted by molar-refractivity contribution is 0.00818. The van der Waals surface area contributed by atoms with E-state index < -0.39 is 0 Å². The van der Waals surface area contributed by atoms with Gasteiger partial charge in [0, 0.05) is 23.9 Å². The molecular formula is C19H26N2O2. The smallest absolute Gasteiger partial charge is 0.257 e. The third-order valence-electron chi connectivity index (χ3n) is 5.02. The largest absolute Gasteiger partial charge is 0.463 e. The van der Waals surface area contributed by atoms with Gasteiger partial charge in [0.25, 0.3) is 5.91 Å². The molecule has 3 rings (SSSR count).